The van der Waals surface area contributed by atoms with Gasteiger partial charge in [-0.15, -0.1) is 0 Å². The van der Waals surface area contributed by atoms with Gasteiger partial charge in [0.15, 0.2) is 0 Å². The van der Waals surface area contributed by atoms with Crippen molar-refractivity contribution < 1.29 is 0 Å². The van der Waals surface area contributed by atoms with Crippen LogP contribution >= 0.6 is 0 Å². The first-order valence-electron chi connectivity index (χ1n) is 5.01. The van der Waals surface area contributed by atoms with Crippen LogP contribution in [-0.4, -0.2) is 0 Å². The van der Waals surface area contributed by atoms with Gasteiger partial charge in [0.25, 0.3) is 0 Å². The predicted octanol–water partition coefficient (Wildman–Crippen LogP) is 3.20. The molecule has 0 unspecified atom stereocenters. The summed E-state index contributed by atoms with van der Waals surface area (Å²) >= 11 is 0. The molecule has 0 aliphatic rings. The summed E-state index contributed by atoms with van der Waals surface area (Å²) < 4.78 is 0. The molecule has 0 aliphatic carbocycles. The van der Waals surface area contributed by atoms with Gasteiger partial charge in [-0.2, -0.15) is 10.5 Å². The molecule has 76 valence electrons. The molecule has 0 fully saturated rings. The van der Waals surface area contributed by atoms with Crippen molar-refractivity contribution in [3.05, 3.63) is 46.5 Å². The van der Waals surface area contributed by atoms with Crippen LogP contribution in [0.2, 0.25) is 0 Å². The van der Waals surface area contributed by atoms with Crippen molar-refractivity contribution >= 4 is 10.8 Å². The number of fused-ring (bicyclic) bond motifs is 1. The third kappa shape index (κ3) is 1.42. The summed E-state index contributed by atoms with van der Waals surface area (Å²) in [6, 6.07) is 12.0. The Kier molecular flexibility index (Phi) is 2.35. The Morgan fingerprint density at radius 2 is 1.69 bits per heavy atom. The fourth-order valence-electron chi connectivity index (χ4n) is 1.92. The molecule has 0 saturated carbocycles. The van der Waals surface area contributed by atoms with Gasteiger partial charge in [-0.3, -0.25) is 0 Å². The molecule has 0 amide bonds. The summed E-state index contributed by atoms with van der Waals surface area (Å²) in [5.41, 5.74) is 3.25. The molecular weight excluding hydrogens is 196 g/mol. The predicted molar refractivity (Wildman–Crippen MR) is 62.9 cm³/mol. The van der Waals surface area contributed by atoms with Gasteiger partial charge in [0, 0.05) is 10.8 Å². The Labute approximate surface area is 94.4 Å². The van der Waals surface area contributed by atoms with E-state index in [4.69, 9.17) is 10.5 Å². The smallest absolute Gasteiger partial charge is 0.100 e. The molecule has 0 heterocycles. The average molecular weight is 206 g/mol. The number of hydrogen-bond donors (Lipinski definition) is 0. The lowest BCUT2D eigenvalue weighted by Gasteiger charge is -2.06. The van der Waals surface area contributed by atoms with Gasteiger partial charge in [0.05, 0.1) is 17.2 Å². The van der Waals surface area contributed by atoms with E-state index < -0.39 is 0 Å². The van der Waals surface area contributed by atoms with Crippen molar-refractivity contribution in [1.82, 2.24) is 0 Å². The van der Waals surface area contributed by atoms with Crippen LogP contribution in [0.1, 0.15) is 22.3 Å². The van der Waals surface area contributed by atoms with Gasteiger partial charge < -0.3 is 0 Å². The molecule has 2 heteroatoms. The number of nitrogens with zero attached hydrogens (tertiary/aromatic N) is 2. The molecular formula is C14H10N2. The van der Waals surface area contributed by atoms with Crippen LogP contribution in [0, 0.1) is 36.5 Å². The summed E-state index contributed by atoms with van der Waals surface area (Å²) in [5, 5.41) is 19.9. The van der Waals surface area contributed by atoms with E-state index in [1.54, 1.807) is 6.07 Å². The second-order valence-corrected chi connectivity index (χ2v) is 3.89. The molecule has 2 nitrogen and oxygen atoms in total. The monoisotopic (exact) mass is 206 g/mol. The highest BCUT2D eigenvalue weighted by Gasteiger charge is 2.09. The molecule has 0 aromatic heterocycles. The molecule has 0 bridgehead atoms. The molecule has 0 aliphatic heterocycles. The van der Waals surface area contributed by atoms with E-state index in [9.17, 15) is 0 Å². The van der Waals surface area contributed by atoms with Crippen molar-refractivity contribution in [3.63, 3.8) is 0 Å². The summed E-state index contributed by atoms with van der Waals surface area (Å²) in [5.74, 6) is 0. The van der Waals surface area contributed by atoms with E-state index >= 15 is 0 Å². The maximum Gasteiger partial charge on any atom is 0.100 e. The Balaban J connectivity index is 3.02. The normalized spacial score (nSPS) is 9.75. The zero-order valence-electron chi connectivity index (χ0n) is 9.20. The summed E-state index contributed by atoms with van der Waals surface area (Å²) in [7, 11) is 0. The van der Waals surface area contributed by atoms with Gasteiger partial charge in [-0.05, 0) is 25.5 Å². The lowest BCUT2D eigenvalue weighted by Crippen LogP contribution is -1.90. The minimum atomic E-state index is 0.634. The average Bonchev–Trinajstić information content (AvgIpc) is 2.28. The zero-order valence-corrected chi connectivity index (χ0v) is 9.20. The molecule has 0 N–H and O–H groups in total. The van der Waals surface area contributed by atoms with Crippen molar-refractivity contribution in [2.24, 2.45) is 0 Å². The highest BCUT2D eigenvalue weighted by molar-refractivity contribution is 5.93. The maximum atomic E-state index is 9.12. The van der Waals surface area contributed by atoms with Gasteiger partial charge in [-0.25, -0.2) is 0 Å². The Morgan fingerprint density at radius 1 is 0.938 bits per heavy atom. The quantitative estimate of drug-likeness (QED) is 0.664. The zero-order chi connectivity index (χ0) is 11.7. The van der Waals surface area contributed by atoms with Crippen LogP contribution in [-0.2, 0) is 0 Å². The first-order chi connectivity index (χ1) is 7.67. The van der Waals surface area contributed by atoms with Gasteiger partial charge in [0.1, 0.15) is 6.07 Å². The molecule has 0 radical (unpaired) electrons. The van der Waals surface area contributed by atoms with Crippen molar-refractivity contribution in [2.75, 3.05) is 0 Å². The molecule has 16 heavy (non-hydrogen) atoms. The molecule has 2 aromatic carbocycles. The number of nitriles is 2. The lowest BCUT2D eigenvalue weighted by molar-refractivity contribution is 1.39. The molecule has 2 aromatic rings. The van der Waals surface area contributed by atoms with E-state index in [2.05, 4.69) is 12.1 Å². The highest BCUT2D eigenvalue weighted by atomic mass is 14.3. The minimum Gasteiger partial charge on any atom is -0.192 e. The second-order valence-electron chi connectivity index (χ2n) is 3.89. The second kappa shape index (κ2) is 3.68. The molecule has 2 rings (SSSR count). The molecule has 0 saturated heterocycles. The first-order valence-corrected chi connectivity index (χ1v) is 5.01. The van der Waals surface area contributed by atoms with E-state index in [1.807, 2.05) is 32.0 Å². The van der Waals surface area contributed by atoms with Gasteiger partial charge in [0.2, 0.25) is 0 Å². The topological polar surface area (TPSA) is 47.6 Å². The fourth-order valence-corrected chi connectivity index (χ4v) is 1.92. The van der Waals surface area contributed by atoms with Crippen LogP contribution in [0.4, 0.5) is 0 Å². The van der Waals surface area contributed by atoms with Crippen molar-refractivity contribution in [2.45, 2.75) is 13.8 Å². The van der Waals surface area contributed by atoms with E-state index in [1.165, 1.54) is 0 Å². The van der Waals surface area contributed by atoms with Crippen molar-refractivity contribution in [3.8, 4) is 12.1 Å². The molecule has 0 atom stereocenters. The van der Waals surface area contributed by atoms with Crippen LogP contribution < -0.4 is 0 Å². The Hall–Kier alpha value is -2.32. The van der Waals surface area contributed by atoms with Crippen LogP contribution in [0.15, 0.2) is 24.3 Å². The number of aryl methyl sites for hydroxylation is 2. The summed E-state index contributed by atoms with van der Waals surface area (Å²) in [6.07, 6.45) is 0. The minimum absolute atomic E-state index is 0.634. The van der Waals surface area contributed by atoms with Crippen LogP contribution in [0.5, 0.6) is 0 Å². The molecule has 0 spiro atoms. The highest BCUT2D eigenvalue weighted by Crippen LogP contribution is 2.26. The number of hydrogen-bond acceptors (Lipinski definition) is 2. The number of benzene rings is 2. The Morgan fingerprint density at radius 3 is 2.31 bits per heavy atom. The third-order valence-electron chi connectivity index (χ3n) is 2.72. The number of rotatable bonds is 0. The maximum absolute atomic E-state index is 9.12. The largest absolute Gasteiger partial charge is 0.192 e. The lowest BCUT2D eigenvalue weighted by atomic mass is 9.95. The van der Waals surface area contributed by atoms with E-state index in [0.29, 0.717) is 11.1 Å². The van der Waals surface area contributed by atoms with Crippen LogP contribution in [0.25, 0.3) is 10.8 Å². The SMILES string of the molecule is Cc1ccc2c(C#N)c(C)cc(C#N)c2c1. The van der Waals surface area contributed by atoms with Gasteiger partial charge in [-0.1, -0.05) is 23.8 Å². The summed E-state index contributed by atoms with van der Waals surface area (Å²) in [6.45, 7) is 3.84. The van der Waals surface area contributed by atoms with E-state index in [-0.39, 0.29) is 0 Å². The summed E-state index contributed by atoms with van der Waals surface area (Å²) in [4.78, 5) is 0. The third-order valence-corrected chi connectivity index (χ3v) is 2.72. The van der Waals surface area contributed by atoms with Crippen LogP contribution in [0.3, 0.4) is 0 Å². The fraction of sp³-hybridized carbons (Fsp3) is 0.143. The van der Waals surface area contributed by atoms with Gasteiger partial charge >= 0.3 is 0 Å². The Bertz CT molecular complexity index is 655. The van der Waals surface area contributed by atoms with Crippen molar-refractivity contribution in [1.29, 1.82) is 10.5 Å². The van der Waals surface area contributed by atoms with E-state index in [0.717, 1.165) is 21.9 Å². The standard InChI is InChI=1S/C14H10N2/c1-9-3-4-12-13(5-9)11(7-15)6-10(2)14(12)8-16/h3-6H,1-2H3. The first kappa shape index (κ1) is 10.2.